The number of halogens is 1. The van der Waals surface area contributed by atoms with Gasteiger partial charge in [0.15, 0.2) is 0 Å². The van der Waals surface area contributed by atoms with E-state index < -0.39 is 0 Å². The summed E-state index contributed by atoms with van der Waals surface area (Å²) in [6.45, 7) is 0. The monoisotopic (exact) mass is 249 g/mol. The molecule has 0 saturated carbocycles. The summed E-state index contributed by atoms with van der Waals surface area (Å²) < 4.78 is 2.09. The Kier molecular flexibility index (Phi) is 1.29. The Bertz CT molecular complexity index is 211. The van der Waals surface area contributed by atoms with Crippen LogP contribution in [-0.4, -0.2) is 15.2 Å². The molecule has 0 aliphatic carbocycles. The summed E-state index contributed by atoms with van der Waals surface area (Å²) in [5.41, 5.74) is 6.64. The molecule has 0 fully saturated rings. The molecule has 0 saturated heterocycles. The first-order valence-electron chi connectivity index (χ1n) is 3.13. The second kappa shape index (κ2) is 2.05. The van der Waals surface area contributed by atoms with Crippen molar-refractivity contribution in [2.24, 2.45) is 5.73 Å². The van der Waals surface area contributed by atoms with Crippen LogP contribution < -0.4 is 11.1 Å². The van der Waals surface area contributed by atoms with Crippen LogP contribution in [-0.2, 0) is 0 Å². The van der Waals surface area contributed by atoms with E-state index in [0.29, 0.717) is 12.1 Å². The molecule has 54 valence electrons. The molecule has 10 heavy (non-hydrogen) atoms. The van der Waals surface area contributed by atoms with Crippen LogP contribution in [0.15, 0.2) is 24.2 Å². The lowest BCUT2D eigenvalue weighted by Crippen LogP contribution is -2.34. The second-order valence-corrected chi connectivity index (χ2v) is 3.58. The molecule has 2 rings (SSSR count). The number of hydrogen-bond donors (Lipinski definition) is 2. The fourth-order valence-electron chi connectivity index (χ4n) is 1.29. The molecule has 2 aliphatic rings. The maximum Gasteiger partial charge on any atom is 0.0917 e. The van der Waals surface area contributed by atoms with Crippen LogP contribution >= 0.6 is 22.9 Å². The molecule has 0 aromatic heterocycles. The Balaban J connectivity index is 2.26. The van der Waals surface area contributed by atoms with Crippen molar-refractivity contribution in [3.63, 3.8) is 0 Å². The zero-order valence-electron chi connectivity index (χ0n) is 5.29. The fourth-order valence-corrected chi connectivity index (χ4v) is 2.12. The van der Waals surface area contributed by atoms with Crippen molar-refractivity contribution in [1.82, 2.24) is 8.43 Å². The van der Waals surface area contributed by atoms with E-state index in [-0.39, 0.29) is 0 Å². The van der Waals surface area contributed by atoms with Gasteiger partial charge in [0.25, 0.3) is 0 Å². The van der Waals surface area contributed by atoms with Crippen molar-refractivity contribution in [2.75, 3.05) is 0 Å². The zero-order valence-corrected chi connectivity index (χ0v) is 7.45. The molecular weight excluding hydrogens is 241 g/mol. The summed E-state index contributed by atoms with van der Waals surface area (Å²) in [6.07, 6.45) is 6.04. The van der Waals surface area contributed by atoms with E-state index in [1.165, 1.54) is 0 Å². The van der Waals surface area contributed by atoms with Crippen molar-refractivity contribution in [2.45, 2.75) is 12.1 Å². The van der Waals surface area contributed by atoms with Crippen LogP contribution in [0.5, 0.6) is 0 Å². The van der Waals surface area contributed by atoms with E-state index in [4.69, 9.17) is 5.73 Å². The summed E-state index contributed by atoms with van der Waals surface area (Å²) in [5, 5.41) is 3.18. The molecule has 3 N–H and O–H groups in total. The first kappa shape index (κ1) is 6.33. The highest BCUT2D eigenvalue weighted by atomic mass is 127. The van der Waals surface area contributed by atoms with Gasteiger partial charge in [0.2, 0.25) is 0 Å². The Labute approximate surface area is 73.4 Å². The van der Waals surface area contributed by atoms with Crippen molar-refractivity contribution < 1.29 is 0 Å². The minimum Gasteiger partial charge on any atom is -0.399 e. The van der Waals surface area contributed by atoms with Gasteiger partial charge in [0.1, 0.15) is 0 Å². The standard InChI is InChI=1S/C6H8IN3/c7-10-3-4(8)6-5(10)1-2-9-6/h1-3,5-6,9H,8H2. The molecule has 2 atom stereocenters. The van der Waals surface area contributed by atoms with E-state index in [1.807, 2.05) is 12.4 Å². The smallest absolute Gasteiger partial charge is 0.0917 e. The van der Waals surface area contributed by atoms with Crippen LogP contribution in [0.1, 0.15) is 0 Å². The normalized spacial score (nSPS) is 35.7. The highest BCUT2D eigenvalue weighted by Gasteiger charge is 2.33. The van der Waals surface area contributed by atoms with E-state index >= 15 is 0 Å². The highest BCUT2D eigenvalue weighted by Crippen LogP contribution is 2.26. The molecule has 2 aliphatic heterocycles. The van der Waals surface area contributed by atoms with Gasteiger partial charge in [-0.2, -0.15) is 0 Å². The number of hydrogen-bond acceptors (Lipinski definition) is 3. The van der Waals surface area contributed by atoms with Crippen LogP contribution in [0.25, 0.3) is 0 Å². The topological polar surface area (TPSA) is 41.3 Å². The Hall–Kier alpha value is -0.390. The molecule has 0 aromatic carbocycles. The summed E-state index contributed by atoms with van der Waals surface area (Å²) in [6, 6.07) is 0.748. The third-order valence-corrected chi connectivity index (χ3v) is 2.75. The molecule has 2 unspecified atom stereocenters. The van der Waals surface area contributed by atoms with Gasteiger partial charge in [-0.1, -0.05) is 0 Å². The number of fused-ring (bicyclic) bond motifs is 1. The number of nitrogens with one attached hydrogen (secondary N) is 1. The molecule has 0 spiro atoms. The molecule has 0 bridgehead atoms. The minimum atomic E-state index is 0.317. The van der Waals surface area contributed by atoms with Crippen molar-refractivity contribution >= 4 is 22.9 Å². The quantitative estimate of drug-likeness (QED) is 0.479. The van der Waals surface area contributed by atoms with Crippen LogP contribution in [0.3, 0.4) is 0 Å². The largest absolute Gasteiger partial charge is 0.399 e. The predicted molar refractivity (Wildman–Crippen MR) is 48.0 cm³/mol. The number of rotatable bonds is 0. The summed E-state index contributed by atoms with van der Waals surface area (Å²) in [4.78, 5) is 0. The average Bonchev–Trinajstić information content (AvgIpc) is 2.39. The average molecular weight is 249 g/mol. The van der Waals surface area contributed by atoms with Crippen LogP contribution in [0, 0.1) is 0 Å². The summed E-state index contributed by atoms with van der Waals surface area (Å²) in [7, 11) is 0. The first-order chi connectivity index (χ1) is 4.79. The lowest BCUT2D eigenvalue weighted by atomic mass is 10.2. The number of nitrogens with zero attached hydrogens (tertiary/aromatic N) is 1. The van der Waals surface area contributed by atoms with E-state index in [0.717, 1.165) is 5.70 Å². The second-order valence-electron chi connectivity index (χ2n) is 2.47. The Morgan fingerprint density at radius 3 is 3.20 bits per heavy atom. The lowest BCUT2D eigenvalue weighted by Gasteiger charge is -2.15. The highest BCUT2D eigenvalue weighted by molar-refractivity contribution is 14.1. The predicted octanol–water partition coefficient (Wildman–Crippen LogP) is 0.306. The van der Waals surface area contributed by atoms with E-state index in [9.17, 15) is 0 Å². The van der Waals surface area contributed by atoms with Gasteiger partial charge in [0, 0.05) is 6.20 Å². The van der Waals surface area contributed by atoms with Crippen molar-refractivity contribution in [1.29, 1.82) is 0 Å². The summed E-state index contributed by atoms with van der Waals surface area (Å²) >= 11 is 2.25. The Morgan fingerprint density at radius 2 is 2.50 bits per heavy atom. The third kappa shape index (κ3) is 0.712. The van der Waals surface area contributed by atoms with Gasteiger partial charge < -0.3 is 14.2 Å². The van der Waals surface area contributed by atoms with Crippen LogP contribution in [0.4, 0.5) is 0 Å². The van der Waals surface area contributed by atoms with E-state index in [1.54, 1.807) is 0 Å². The van der Waals surface area contributed by atoms with Gasteiger partial charge >= 0.3 is 0 Å². The lowest BCUT2D eigenvalue weighted by molar-refractivity contribution is 0.534. The SMILES string of the molecule is NC1=CN(I)C2C=CNC12. The van der Waals surface area contributed by atoms with Gasteiger partial charge in [-0.25, -0.2) is 0 Å². The zero-order chi connectivity index (χ0) is 7.14. The third-order valence-electron chi connectivity index (χ3n) is 1.83. The maximum absolute atomic E-state index is 5.72. The van der Waals surface area contributed by atoms with Gasteiger partial charge in [-0.3, -0.25) is 0 Å². The van der Waals surface area contributed by atoms with E-state index in [2.05, 4.69) is 37.4 Å². The van der Waals surface area contributed by atoms with Crippen LogP contribution in [0.2, 0.25) is 0 Å². The summed E-state index contributed by atoms with van der Waals surface area (Å²) in [5.74, 6) is 0. The van der Waals surface area contributed by atoms with Crippen molar-refractivity contribution in [3.05, 3.63) is 24.2 Å². The molecule has 0 aromatic rings. The van der Waals surface area contributed by atoms with Gasteiger partial charge in [-0.05, 0) is 12.3 Å². The molecule has 4 heteroatoms. The molecule has 2 heterocycles. The fraction of sp³-hybridized carbons (Fsp3) is 0.333. The van der Waals surface area contributed by atoms with Gasteiger partial charge in [-0.15, -0.1) is 0 Å². The minimum absolute atomic E-state index is 0.317. The molecule has 0 amide bonds. The molecular formula is C6H8IN3. The van der Waals surface area contributed by atoms with Crippen molar-refractivity contribution in [3.8, 4) is 0 Å². The first-order valence-corrected chi connectivity index (χ1v) is 4.09. The molecule has 3 nitrogen and oxygen atoms in total. The maximum atomic E-state index is 5.72. The van der Waals surface area contributed by atoms with Gasteiger partial charge in [0.05, 0.1) is 40.6 Å². The number of nitrogens with two attached hydrogens (primary N) is 1. The Morgan fingerprint density at radius 1 is 1.70 bits per heavy atom. The molecule has 0 radical (unpaired) electrons.